The van der Waals surface area contributed by atoms with Gasteiger partial charge in [0, 0.05) is 61.2 Å². The molecule has 0 fully saturated rings. The van der Waals surface area contributed by atoms with E-state index in [0.717, 1.165) is 57.5 Å². The summed E-state index contributed by atoms with van der Waals surface area (Å²) in [7, 11) is 4.10. The lowest BCUT2D eigenvalue weighted by Gasteiger charge is -2.33. The summed E-state index contributed by atoms with van der Waals surface area (Å²) in [5.74, 6) is -0.688. The summed E-state index contributed by atoms with van der Waals surface area (Å²) in [5.41, 5.74) is 3.77. The van der Waals surface area contributed by atoms with Crippen LogP contribution in [-0.4, -0.2) is 20.3 Å². The van der Waals surface area contributed by atoms with Gasteiger partial charge in [-0.1, -0.05) is 149 Å². The Hall–Kier alpha value is -6.72. The molecule has 2 aliphatic rings. The first-order chi connectivity index (χ1) is 35.9. The summed E-state index contributed by atoms with van der Waals surface area (Å²) in [6, 6.07) is 43.9. The van der Waals surface area contributed by atoms with Gasteiger partial charge in [0.15, 0.2) is 11.3 Å². The molecule has 0 saturated heterocycles. The molecular weight excluding hydrogens is 1000 g/mol. The molecule has 1 aliphatic carbocycles. The molecule has 0 amide bonds. The number of allylic oxidation sites excluding steroid dienone is 2. The van der Waals surface area contributed by atoms with E-state index in [1.54, 1.807) is 35.6 Å². The quantitative estimate of drug-likeness (QED) is 0.0670. The first-order valence-electron chi connectivity index (χ1n) is 25.2. The number of rotatable bonds is 17. The van der Waals surface area contributed by atoms with Crippen LogP contribution in [0.3, 0.4) is 0 Å². The standard InChI is InChI=1S/C62H53F3N4OS4/c1-5-7-9-12-16-39-20-26-43(27-21-39)60(44-28-22-40(23-29-44)17-13-10-8-6-2)53-56-51(73-58(53)59-54(60)57-52(74-59)35-50(72-57)41-24-30-46(31-25-41)69(3)4)34-47(71-56)32-33-49-48(38-68)55(42(36-66)37-67)70-61(49,62(63,64)65)45-18-14-11-15-19-45/h11,14-15,18-35H,5-10,12-13,16-17H2,1-4H3/b33-32+. The fraction of sp³-hybridized carbons (Fsp3) is 0.274. The summed E-state index contributed by atoms with van der Waals surface area (Å²) in [6.07, 6.45) is 9.25. The van der Waals surface area contributed by atoms with Crippen LogP contribution in [0.25, 0.3) is 45.1 Å². The van der Waals surface area contributed by atoms with Gasteiger partial charge in [0.25, 0.3) is 5.60 Å². The van der Waals surface area contributed by atoms with Crippen molar-refractivity contribution in [1.82, 2.24) is 0 Å². The minimum Gasteiger partial charge on any atom is -0.465 e. The smallest absolute Gasteiger partial charge is 0.437 e. The molecule has 74 heavy (non-hydrogen) atoms. The zero-order chi connectivity index (χ0) is 51.8. The maximum Gasteiger partial charge on any atom is 0.437 e. The number of halogens is 3. The van der Waals surface area contributed by atoms with Crippen LogP contribution in [0.15, 0.2) is 144 Å². The Bertz CT molecular complexity index is 3530. The van der Waals surface area contributed by atoms with Crippen molar-refractivity contribution in [3.8, 4) is 38.4 Å². The number of fused-ring (bicyclic) bond motifs is 7. The van der Waals surface area contributed by atoms with E-state index in [9.17, 15) is 15.8 Å². The first-order valence-corrected chi connectivity index (χ1v) is 28.5. The Kier molecular flexibility index (Phi) is 14.3. The lowest BCUT2D eigenvalue weighted by Crippen LogP contribution is -2.43. The van der Waals surface area contributed by atoms with Crippen LogP contribution < -0.4 is 4.90 Å². The monoisotopic (exact) mass is 1050 g/mol. The fourth-order valence-corrected chi connectivity index (χ4v) is 16.3. The van der Waals surface area contributed by atoms with Crippen molar-refractivity contribution in [3.05, 3.63) is 188 Å². The fourth-order valence-electron chi connectivity index (χ4n) is 10.8. The third kappa shape index (κ3) is 8.68. The van der Waals surface area contributed by atoms with Gasteiger partial charge in [-0.05, 0) is 83.8 Å². The van der Waals surface area contributed by atoms with Crippen molar-refractivity contribution in [2.45, 2.75) is 95.2 Å². The van der Waals surface area contributed by atoms with Crippen molar-refractivity contribution >= 4 is 75.9 Å². The maximum absolute atomic E-state index is 15.8. The molecule has 1 unspecified atom stereocenters. The Morgan fingerprint density at radius 3 is 1.70 bits per heavy atom. The van der Waals surface area contributed by atoms with E-state index in [0.29, 0.717) is 4.88 Å². The Morgan fingerprint density at radius 2 is 1.19 bits per heavy atom. The normalized spacial score (nSPS) is 15.9. The van der Waals surface area contributed by atoms with Crippen LogP contribution in [0.2, 0.25) is 0 Å². The van der Waals surface area contributed by atoms with E-state index in [4.69, 9.17) is 4.74 Å². The van der Waals surface area contributed by atoms with Gasteiger partial charge in [0.05, 0.1) is 24.6 Å². The zero-order valence-electron chi connectivity index (χ0n) is 41.7. The molecule has 0 bridgehead atoms. The summed E-state index contributed by atoms with van der Waals surface area (Å²) in [5, 5.41) is 30.2. The van der Waals surface area contributed by atoms with Crippen LogP contribution in [-0.2, 0) is 28.6 Å². The molecule has 0 spiro atoms. The van der Waals surface area contributed by atoms with E-state index in [1.807, 2.05) is 48.9 Å². The largest absolute Gasteiger partial charge is 0.465 e. The summed E-state index contributed by atoms with van der Waals surface area (Å²) < 4.78 is 57.7. The minimum atomic E-state index is -5.10. The molecule has 12 heteroatoms. The molecule has 4 aromatic heterocycles. The molecule has 0 N–H and O–H groups in total. The van der Waals surface area contributed by atoms with Gasteiger partial charge in [-0.2, -0.15) is 29.0 Å². The van der Waals surface area contributed by atoms with Crippen LogP contribution in [0.1, 0.15) is 109 Å². The molecule has 0 radical (unpaired) electrons. The van der Waals surface area contributed by atoms with Gasteiger partial charge in [-0.15, -0.1) is 45.3 Å². The summed E-state index contributed by atoms with van der Waals surface area (Å²) in [6.45, 7) is 4.47. The molecule has 372 valence electrons. The number of nitrogens with zero attached hydrogens (tertiary/aromatic N) is 4. The van der Waals surface area contributed by atoms with Gasteiger partial charge >= 0.3 is 6.18 Å². The third-order valence-corrected chi connectivity index (χ3v) is 19.5. The van der Waals surface area contributed by atoms with Crippen molar-refractivity contribution in [2.75, 3.05) is 19.0 Å². The van der Waals surface area contributed by atoms with Crippen LogP contribution in [0, 0.1) is 34.0 Å². The Balaban J connectivity index is 1.19. The molecule has 1 atom stereocenters. The Morgan fingerprint density at radius 1 is 0.635 bits per heavy atom. The van der Waals surface area contributed by atoms with E-state index >= 15 is 13.2 Å². The molecule has 5 nitrogen and oxygen atoms in total. The summed E-state index contributed by atoms with van der Waals surface area (Å²) >= 11 is 6.91. The molecular formula is C62H53F3N4OS4. The predicted octanol–water partition coefficient (Wildman–Crippen LogP) is 18.2. The molecule has 8 aromatic rings. The second kappa shape index (κ2) is 20.9. The van der Waals surface area contributed by atoms with Gasteiger partial charge in [-0.3, -0.25) is 0 Å². The average molecular weight is 1060 g/mol. The number of hydrogen-bond donors (Lipinski definition) is 0. The number of alkyl halides is 3. The average Bonchev–Trinajstić information content (AvgIpc) is 4.27. The molecule has 1 aliphatic heterocycles. The zero-order valence-corrected chi connectivity index (χ0v) is 44.9. The highest BCUT2D eigenvalue weighted by Gasteiger charge is 2.65. The predicted molar refractivity (Wildman–Crippen MR) is 301 cm³/mol. The van der Waals surface area contributed by atoms with Crippen molar-refractivity contribution in [2.24, 2.45) is 0 Å². The maximum atomic E-state index is 15.8. The highest BCUT2D eigenvalue weighted by molar-refractivity contribution is 7.35. The van der Waals surface area contributed by atoms with Crippen LogP contribution in [0.4, 0.5) is 18.9 Å². The highest BCUT2D eigenvalue weighted by atomic mass is 32.1. The minimum absolute atomic E-state index is 0.279. The van der Waals surface area contributed by atoms with Gasteiger partial charge in [0.2, 0.25) is 0 Å². The van der Waals surface area contributed by atoms with E-state index in [1.165, 1.54) is 126 Å². The number of ether oxygens (including phenoxy) is 1. The topological polar surface area (TPSA) is 83.8 Å². The number of aryl methyl sites for hydroxylation is 2. The third-order valence-electron chi connectivity index (χ3n) is 14.5. The van der Waals surface area contributed by atoms with E-state index in [-0.39, 0.29) is 5.56 Å². The van der Waals surface area contributed by atoms with E-state index < -0.39 is 39.7 Å². The second-order valence-electron chi connectivity index (χ2n) is 19.3. The number of anilines is 1. The van der Waals surface area contributed by atoms with Crippen molar-refractivity contribution in [3.63, 3.8) is 0 Å². The van der Waals surface area contributed by atoms with Crippen molar-refractivity contribution < 1.29 is 17.9 Å². The number of hydrogen-bond acceptors (Lipinski definition) is 9. The van der Waals surface area contributed by atoms with Crippen LogP contribution >= 0.6 is 45.3 Å². The Labute approximate surface area is 447 Å². The number of benzene rings is 4. The van der Waals surface area contributed by atoms with E-state index in [2.05, 4.69) is 97.6 Å². The lowest BCUT2D eigenvalue weighted by molar-refractivity contribution is -0.249. The number of nitriles is 3. The highest BCUT2D eigenvalue weighted by Crippen LogP contribution is 2.67. The van der Waals surface area contributed by atoms with Crippen molar-refractivity contribution in [1.29, 1.82) is 15.8 Å². The SMILES string of the molecule is CCCCCCc1ccc(C2(c3ccc(CCCCCC)cc3)c3c(sc4cc(/C=C/C5=C(C#N)C(=C(C#N)C#N)OC5(c5ccccc5)C(F)(F)F)sc34)-c3sc4cc(-c5ccc(N(C)C)cc5)sc4c32)cc1. The molecule has 10 rings (SSSR count). The first kappa shape index (κ1) is 50.8. The second-order valence-corrected chi connectivity index (χ2v) is 23.5. The number of thiophene rings is 4. The lowest BCUT2D eigenvalue weighted by atomic mass is 9.68. The molecule has 4 aromatic carbocycles. The molecule has 0 saturated carbocycles. The summed E-state index contributed by atoms with van der Waals surface area (Å²) in [4.78, 5) is 6.42. The van der Waals surface area contributed by atoms with Crippen LogP contribution in [0.5, 0.6) is 0 Å². The van der Waals surface area contributed by atoms with Gasteiger partial charge in [0.1, 0.15) is 23.8 Å². The molecule has 5 heterocycles. The van der Waals surface area contributed by atoms with Gasteiger partial charge < -0.3 is 9.64 Å². The number of unbranched alkanes of at least 4 members (excludes halogenated alkanes) is 6. The van der Waals surface area contributed by atoms with Gasteiger partial charge in [-0.25, -0.2) is 0 Å².